The van der Waals surface area contributed by atoms with Crippen LogP contribution in [-0.2, 0) is 6.54 Å². The van der Waals surface area contributed by atoms with E-state index < -0.39 is 0 Å². The smallest absolute Gasteiger partial charge is 0.0372 e. The summed E-state index contributed by atoms with van der Waals surface area (Å²) in [5, 5.41) is 3.62. The van der Waals surface area contributed by atoms with Crippen LogP contribution in [-0.4, -0.2) is 6.04 Å². The highest BCUT2D eigenvalue weighted by molar-refractivity contribution is 5.52. The number of aryl methyl sites for hydroxylation is 1. The molecule has 0 amide bonds. The number of anilines is 1. The normalized spacial score (nSPS) is 16.9. The zero-order valence-corrected chi connectivity index (χ0v) is 9.42. The van der Waals surface area contributed by atoms with E-state index in [-0.39, 0.29) is 0 Å². The molecule has 1 aromatic rings. The SMILES string of the molecule is Cc1cc(CN)ccc1NC1CCCC1. The maximum absolute atomic E-state index is 5.61. The Hall–Kier alpha value is -1.02. The summed E-state index contributed by atoms with van der Waals surface area (Å²) in [4.78, 5) is 0. The molecule has 0 bridgehead atoms. The fourth-order valence-corrected chi connectivity index (χ4v) is 2.30. The van der Waals surface area contributed by atoms with Crippen LogP contribution >= 0.6 is 0 Å². The second-order valence-electron chi connectivity index (χ2n) is 4.48. The van der Waals surface area contributed by atoms with Gasteiger partial charge in [0, 0.05) is 18.3 Å². The molecule has 1 aliphatic carbocycles. The van der Waals surface area contributed by atoms with Crippen LogP contribution in [0.25, 0.3) is 0 Å². The Morgan fingerprint density at radius 2 is 2.07 bits per heavy atom. The van der Waals surface area contributed by atoms with Gasteiger partial charge in [-0.15, -0.1) is 0 Å². The topological polar surface area (TPSA) is 38.0 Å². The molecule has 1 aromatic carbocycles. The van der Waals surface area contributed by atoms with Gasteiger partial charge >= 0.3 is 0 Å². The summed E-state index contributed by atoms with van der Waals surface area (Å²) in [7, 11) is 0. The van der Waals surface area contributed by atoms with E-state index in [9.17, 15) is 0 Å². The van der Waals surface area contributed by atoms with E-state index >= 15 is 0 Å². The number of nitrogens with one attached hydrogen (secondary N) is 1. The van der Waals surface area contributed by atoms with Crippen molar-refractivity contribution in [2.45, 2.75) is 45.2 Å². The van der Waals surface area contributed by atoms with Crippen molar-refractivity contribution < 1.29 is 0 Å². The second-order valence-corrected chi connectivity index (χ2v) is 4.48. The molecule has 82 valence electrons. The minimum Gasteiger partial charge on any atom is -0.382 e. The molecule has 0 aromatic heterocycles. The number of rotatable bonds is 3. The van der Waals surface area contributed by atoms with Crippen molar-refractivity contribution >= 4 is 5.69 Å². The predicted molar refractivity (Wildman–Crippen MR) is 64.9 cm³/mol. The molecule has 0 atom stereocenters. The zero-order valence-electron chi connectivity index (χ0n) is 9.42. The van der Waals surface area contributed by atoms with Crippen LogP contribution in [0.15, 0.2) is 18.2 Å². The molecule has 0 unspecified atom stereocenters. The molecule has 1 aliphatic rings. The first-order valence-electron chi connectivity index (χ1n) is 5.86. The molecule has 0 aliphatic heterocycles. The van der Waals surface area contributed by atoms with Crippen LogP contribution in [0.5, 0.6) is 0 Å². The lowest BCUT2D eigenvalue weighted by Crippen LogP contribution is -2.15. The Kier molecular flexibility index (Phi) is 3.27. The fraction of sp³-hybridized carbons (Fsp3) is 0.538. The summed E-state index contributed by atoms with van der Waals surface area (Å²) in [6, 6.07) is 7.14. The van der Waals surface area contributed by atoms with E-state index in [1.54, 1.807) is 0 Å². The number of hydrogen-bond acceptors (Lipinski definition) is 2. The lowest BCUT2D eigenvalue weighted by atomic mass is 10.1. The highest BCUT2D eigenvalue weighted by Gasteiger charge is 2.14. The number of benzene rings is 1. The molecule has 15 heavy (non-hydrogen) atoms. The van der Waals surface area contributed by atoms with Crippen molar-refractivity contribution in [3.05, 3.63) is 29.3 Å². The van der Waals surface area contributed by atoms with Gasteiger partial charge in [-0.25, -0.2) is 0 Å². The molecular formula is C13H20N2. The van der Waals surface area contributed by atoms with Gasteiger partial charge in [0.15, 0.2) is 0 Å². The highest BCUT2D eigenvalue weighted by atomic mass is 14.9. The summed E-state index contributed by atoms with van der Waals surface area (Å²) in [6.07, 6.45) is 5.38. The molecule has 2 nitrogen and oxygen atoms in total. The summed E-state index contributed by atoms with van der Waals surface area (Å²) in [5.74, 6) is 0. The first-order chi connectivity index (χ1) is 7.29. The minimum atomic E-state index is 0.630. The van der Waals surface area contributed by atoms with Crippen LogP contribution in [0.1, 0.15) is 36.8 Å². The van der Waals surface area contributed by atoms with E-state index in [4.69, 9.17) is 5.73 Å². The third-order valence-corrected chi connectivity index (χ3v) is 3.24. The van der Waals surface area contributed by atoms with E-state index in [2.05, 4.69) is 30.4 Å². The van der Waals surface area contributed by atoms with Gasteiger partial charge in [-0.05, 0) is 37.0 Å². The Balaban J connectivity index is 2.07. The highest BCUT2D eigenvalue weighted by Crippen LogP contribution is 2.24. The predicted octanol–water partition coefficient (Wildman–Crippen LogP) is 2.81. The minimum absolute atomic E-state index is 0.630. The molecule has 0 saturated heterocycles. The third kappa shape index (κ3) is 2.51. The van der Waals surface area contributed by atoms with E-state index in [0.717, 1.165) is 0 Å². The van der Waals surface area contributed by atoms with Gasteiger partial charge in [-0.2, -0.15) is 0 Å². The first kappa shape index (κ1) is 10.5. The van der Waals surface area contributed by atoms with Crippen LogP contribution in [0.2, 0.25) is 0 Å². The summed E-state index contributed by atoms with van der Waals surface area (Å²) < 4.78 is 0. The van der Waals surface area contributed by atoms with Crippen LogP contribution < -0.4 is 11.1 Å². The molecular weight excluding hydrogens is 184 g/mol. The van der Waals surface area contributed by atoms with Gasteiger partial charge in [0.1, 0.15) is 0 Å². The van der Waals surface area contributed by atoms with Gasteiger partial charge < -0.3 is 11.1 Å². The maximum Gasteiger partial charge on any atom is 0.0372 e. The Morgan fingerprint density at radius 3 is 2.67 bits per heavy atom. The van der Waals surface area contributed by atoms with Gasteiger partial charge in [0.25, 0.3) is 0 Å². The van der Waals surface area contributed by atoms with Gasteiger partial charge in [0.2, 0.25) is 0 Å². The molecule has 0 heterocycles. The summed E-state index contributed by atoms with van der Waals surface area (Å²) in [5.41, 5.74) is 9.41. The Bertz CT molecular complexity index is 327. The Labute approximate surface area is 91.9 Å². The average molecular weight is 204 g/mol. The van der Waals surface area contributed by atoms with E-state index in [0.29, 0.717) is 12.6 Å². The van der Waals surface area contributed by atoms with Crippen molar-refractivity contribution in [2.24, 2.45) is 5.73 Å². The molecule has 1 saturated carbocycles. The summed E-state index contributed by atoms with van der Waals surface area (Å²) in [6.45, 7) is 2.78. The maximum atomic E-state index is 5.61. The quantitative estimate of drug-likeness (QED) is 0.794. The first-order valence-corrected chi connectivity index (χ1v) is 5.86. The fourth-order valence-electron chi connectivity index (χ4n) is 2.30. The number of nitrogens with two attached hydrogens (primary N) is 1. The lowest BCUT2D eigenvalue weighted by Gasteiger charge is -2.16. The molecule has 2 rings (SSSR count). The van der Waals surface area contributed by atoms with Crippen LogP contribution in [0, 0.1) is 6.92 Å². The van der Waals surface area contributed by atoms with Crippen molar-refractivity contribution in [1.29, 1.82) is 0 Å². The second kappa shape index (κ2) is 4.67. The molecule has 0 spiro atoms. The van der Waals surface area contributed by atoms with Gasteiger partial charge in [-0.3, -0.25) is 0 Å². The average Bonchev–Trinajstić information content (AvgIpc) is 2.74. The van der Waals surface area contributed by atoms with Crippen LogP contribution in [0.4, 0.5) is 5.69 Å². The zero-order chi connectivity index (χ0) is 10.7. The van der Waals surface area contributed by atoms with Crippen molar-refractivity contribution in [3.63, 3.8) is 0 Å². The molecule has 3 N–H and O–H groups in total. The van der Waals surface area contributed by atoms with E-state index in [1.165, 1.54) is 42.5 Å². The van der Waals surface area contributed by atoms with Gasteiger partial charge in [-0.1, -0.05) is 25.0 Å². The molecule has 1 fully saturated rings. The van der Waals surface area contributed by atoms with Crippen molar-refractivity contribution in [2.75, 3.05) is 5.32 Å². The largest absolute Gasteiger partial charge is 0.382 e. The van der Waals surface area contributed by atoms with Crippen LogP contribution in [0.3, 0.4) is 0 Å². The third-order valence-electron chi connectivity index (χ3n) is 3.24. The number of hydrogen-bond donors (Lipinski definition) is 2. The van der Waals surface area contributed by atoms with E-state index in [1.807, 2.05) is 0 Å². The lowest BCUT2D eigenvalue weighted by molar-refractivity contribution is 0.754. The van der Waals surface area contributed by atoms with Crippen molar-refractivity contribution in [1.82, 2.24) is 0 Å². The molecule has 2 heteroatoms. The standard InChI is InChI=1S/C13H20N2/c1-10-8-11(9-14)6-7-13(10)15-12-4-2-3-5-12/h6-8,12,15H,2-5,9,14H2,1H3. The monoisotopic (exact) mass is 204 g/mol. The van der Waals surface area contributed by atoms with Crippen molar-refractivity contribution in [3.8, 4) is 0 Å². The summed E-state index contributed by atoms with van der Waals surface area (Å²) >= 11 is 0. The molecule has 0 radical (unpaired) electrons. The van der Waals surface area contributed by atoms with Gasteiger partial charge in [0.05, 0.1) is 0 Å². The Morgan fingerprint density at radius 1 is 1.33 bits per heavy atom.